The molecule has 2 fully saturated rings. The molecule has 0 radical (unpaired) electrons. The molecule has 0 saturated carbocycles. The molecule has 2 amide bonds. The SMILES string of the molecule is O=C(c1ccccc1)N1CCN(C(C(=O)N2CCOCC2)c2ccccc2)CC1. The monoisotopic (exact) mass is 393 g/mol. The van der Waals surface area contributed by atoms with Crippen LogP contribution in [0.1, 0.15) is 22.0 Å². The lowest BCUT2D eigenvalue weighted by molar-refractivity contribution is -0.142. The Kier molecular flexibility index (Phi) is 6.22. The van der Waals surface area contributed by atoms with E-state index < -0.39 is 0 Å². The van der Waals surface area contributed by atoms with Gasteiger partial charge in [-0.15, -0.1) is 0 Å². The smallest absolute Gasteiger partial charge is 0.253 e. The van der Waals surface area contributed by atoms with Gasteiger partial charge in [-0.05, 0) is 17.7 Å². The Morgan fingerprint density at radius 2 is 1.31 bits per heavy atom. The third-order valence-corrected chi connectivity index (χ3v) is 5.66. The predicted octanol–water partition coefficient (Wildman–Crippen LogP) is 2.04. The van der Waals surface area contributed by atoms with E-state index in [0.717, 1.165) is 5.56 Å². The van der Waals surface area contributed by atoms with Gasteiger partial charge in [-0.2, -0.15) is 0 Å². The molecule has 2 aromatic rings. The van der Waals surface area contributed by atoms with Crippen molar-refractivity contribution in [1.29, 1.82) is 0 Å². The Hall–Kier alpha value is -2.70. The van der Waals surface area contributed by atoms with Crippen molar-refractivity contribution in [3.8, 4) is 0 Å². The van der Waals surface area contributed by atoms with Crippen molar-refractivity contribution in [2.24, 2.45) is 0 Å². The van der Waals surface area contributed by atoms with E-state index in [-0.39, 0.29) is 17.9 Å². The van der Waals surface area contributed by atoms with Crippen molar-refractivity contribution < 1.29 is 14.3 Å². The molecular weight excluding hydrogens is 366 g/mol. The zero-order chi connectivity index (χ0) is 20.1. The van der Waals surface area contributed by atoms with Crippen LogP contribution in [0.3, 0.4) is 0 Å². The van der Waals surface area contributed by atoms with E-state index >= 15 is 0 Å². The number of carbonyl (C=O) groups excluding carboxylic acids is 2. The summed E-state index contributed by atoms with van der Waals surface area (Å²) in [4.78, 5) is 32.1. The van der Waals surface area contributed by atoms with Gasteiger partial charge >= 0.3 is 0 Å². The molecule has 6 heteroatoms. The van der Waals surface area contributed by atoms with Crippen LogP contribution in [0, 0.1) is 0 Å². The van der Waals surface area contributed by atoms with Crippen LogP contribution in [-0.4, -0.2) is 79.0 Å². The van der Waals surface area contributed by atoms with Gasteiger partial charge in [0.1, 0.15) is 6.04 Å². The first kappa shape index (κ1) is 19.6. The average Bonchev–Trinajstić information content (AvgIpc) is 2.81. The first-order valence-electron chi connectivity index (χ1n) is 10.2. The minimum Gasteiger partial charge on any atom is -0.378 e. The molecule has 0 aromatic heterocycles. The van der Waals surface area contributed by atoms with E-state index in [1.807, 2.05) is 70.5 Å². The average molecular weight is 393 g/mol. The topological polar surface area (TPSA) is 53.1 Å². The Balaban J connectivity index is 1.48. The van der Waals surface area contributed by atoms with Crippen molar-refractivity contribution in [3.63, 3.8) is 0 Å². The fourth-order valence-corrected chi connectivity index (χ4v) is 4.05. The molecule has 4 rings (SSSR count). The molecule has 1 unspecified atom stereocenters. The lowest BCUT2D eigenvalue weighted by Crippen LogP contribution is -2.54. The number of amides is 2. The van der Waals surface area contributed by atoms with Gasteiger partial charge in [0, 0.05) is 44.8 Å². The maximum atomic E-state index is 13.4. The normalized spacial score (nSPS) is 19.0. The Labute approximate surface area is 171 Å². The molecular formula is C23H27N3O3. The second kappa shape index (κ2) is 9.20. The molecule has 6 nitrogen and oxygen atoms in total. The van der Waals surface area contributed by atoms with Crippen molar-refractivity contribution in [1.82, 2.24) is 14.7 Å². The van der Waals surface area contributed by atoms with Crippen molar-refractivity contribution >= 4 is 11.8 Å². The number of carbonyl (C=O) groups is 2. The van der Waals surface area contributed by atoms with Crippen LogP contribution in [-0.2, 0) is 9.53 Å². The van der Waals surface area contributed by atoms with Gasteiger partial charge in [0.2, 0.25) is 5.91 Å². The number of hydrogen-bond donors (Lipinski definition) is 0. The highest BCUT2D eigenvalue weighted by atomic mass is 16.5. The molecule has 2 aliphatic rings. The molecule has 0 aliphatic carbocycles. The summed E-state index contributed by atoms with van der Waals surface area (Å²) in [5.41, 5.74) is 1.72. The second-order valence-electron chi connectivity index (χ2n) is 7.45. The Morgan fingerprint density at radius 1 is 0.724 bits per heavy atom. The number of rotatable bonds is 4. The number of morpholine rings is 1. The molecule has 152 valence electrons. The number of nitrogens with zero attached hydrogens (tertiary/aromatic N) is 3. The van der Waals surface area contributed by atoms with Gasteiger partial charge in [-0.25, -0.2) is 0 Å². The highest BCUT2D eigenvalue weighted by Gasteiger charge is 2.34. The van der Waals surface area contributed by atoms with Gasteiger partial charge in [0.25, 0.3) is 5.91 Å². The maximum Gasteiger partial charge on any atom is 0.253 e. The summed E-state index contributed by atoms with van der Waals surface area (Å²) in [6.45, 7) is 5.03. The summed E-state index contributed by atoms with van der Waals surface area (Å²) in [7, 11) is 0. The van der Waals surface area contributed by atoms with E-state index in [9.17, 15) is 9.59 Å². The number of hydrogen-bond acceptors (Lipinski definition) is 4. The zero-order valence-electron chi connectivity index (χ0n) is 16.6. The second-order valence-corrected chi connectivity index (χ2v) is 7.45. The number of piperazine rings is 1. The van der Waals surface area contributed by atoms with Gasteiger partial charge in [-0.3, -0.25) is 14.5 Å². The first-order valence-corrected chi connectivity index (χ1v) is 10.2. The minimum absolute atomic E-state index is 0.0565. The van der Waals surface area contributed by atoms with Gasteiger partial charge < -0.3 is 14.5 Å². The largest absolute Gasteiger partial charge is 0.378 e. The summed E-state index contributed by atoms with van der Waals surface area (Å²) in [5, 5.41) is 0. The molecule has 2 aliphatic heterocycles. The minimum atomic E-state index is -0.316. The Bertz CT molecular complexity index is 814. The van der Waals surface area contributed by atoms with Crippen molar-refractivity contribution in [3.05, 3.63) is 71.8 Å². The third-order valence-electron chi connectivity index (χ3n) is 5.66. The van der Waals surface area contributed by atoms with E-state index in [4.69, 9.17) is 4.74 Å². The molecule has 0 N–H and O–H groups in total. The summed E-state index contributed by atoms with van der Waals surface area (Å²) >= 11 is 0. The van der Waals surface area contributed by atoms with Crippen LogP contribution in [0.25, 0.3) is 0 Å². The van der Waals surface area contributed by atoms with Crippen molar-refractivity contribution in [2.45, 2.75) is 6.04 Å². The summed E-state index contributed by atoms with van der Waals surface area (Å²) in [5.74, 6) is 0.184. The van der Waals surface area contributed by atoms with Crippen LogP contribution in [0.5, 0.6) is 0 Å². The van der Waals surface area contributed by atoms with E-state index in [2.05, 4.69) is 4.90 Å². The van der Waals surface area contributed by atoms with Gasteiger partial charge in [0.05, 0.1) is 13.2 Å². The van der Waals surface area contributed by atoms with Gasteiger partial charge in [-0.1, -0.05) is 48.5 Å². The quantitative estimate of drug-likeness (QED) is 0.798. The maximum absolute atomic E-state index is 13.4. The molecule has 1 atom stereocenters. The molecule has 2 heterocycles. The van der Waals surface area contributed by atoms with Gasteiger partial charge in [0.15, 0.2) is 0 Å². The lowest BCUT2D eigenvalue weighted by Gasteiger charge is -2.41. The van der Waals surface area contributed by atoms with Crippen LogP contribution in [0.15, 0.2) is 60.7 Å². The van der Waals surface area contributed by atoms with Crippen LogP contribution in [0.2, 0.25) is 0 Å². The van der Waals surface area contributed by atoms with Crippen LogP contribution >= 0.6 is 0 Å². The van der Waals surface area contributed by atoms with E-state index in [1.54, 1.807) is 0 Å². The standard InChI is InChI=1S/C23H27N3O3/c27-22(20-9-5-2-6-10-20)25-13-11-24(12-14-25)21(19-7-3-1-4-8-19)23(28)26-15-17-29-18-16-26/h1-10,21H,11-18H2. The molecule has 0 spiro atoms. The van der Waals surface area contributed by atoms with E-state index in [1.165, 1.54) is 0 Å². The zero-order valence-corrected chi connectivity index (χ0v) is 16.6. The van der Waals surface area contributed by atoms with Crippen molar-refractivity contribution in [2.75, 3.05) is 52.5 Å². The highest BCUT2D eigenvalue weighted by Crippen LogP contribution is 2.25. The summed E-state index contributed by atoms with van der Waals surface area (Å²) in [6.07, 6.45) is 0. The lowest BCUT2D eigenvalue weighted by atomic mass is 10.0. The number of benzene rings is 2. The third kappa shape index (κ3) is 4.49. The number of ether oxygens (including phenoxy) is 1. The Morgan fingerprint density at radius 3 is 1.93 bits per heavy atom. The van der Waals surface area contributed by atoms with Crippen LogP contribution < -0.4 is 0 Å². The summed E-state index contributed by atoms with van der Waals surface area (Å²) in [6, 6.07) is 19.0. The summed E-state index contributed by atoms with van der Waals surface area (Å²) < 4.78 is 5.41. The highest BCUT2D eigenvalue weighted by molar-refractivity contribution is 5.94. The predicted molar refractivity (Wildman–Crippen MR) is 111 cm³/mol. The first-order chi connectivity index (χ1) is 14.2. The fourth-order valence-electron chi connectivity index (χ4n) is 4.05. The molecule has 29 heavy (non-hydrogen) atoms. The van der Waals surface area contributed by atoms with E-state index in [0.29, 0.717) is 58.0 Å². The molecule has 2 saturated heterocycles. The molecule has 0 bridgehead atoms. The fraction of sp³-hybridized carbons (Fsp3) is 0.391. The van der Waals surface area contributed by atoms with Crippen LogP contribution in [0.4, 0.5) is 0 Å². The molecule has 2 aromatic carbocycles.